The molecule has 20 heavy (non-hydrogen) atoms. The Kier molecular flexibility index (Phi) is 3.86. The number of carbonyl (C=O) groups is 3. The highest BCUT2D eigenvalue weighted by Gasteiger charge is 2.64. The Morgan fingerprint density at radius 2 is 1.75 bits per heavy atom. The molecule has 0 heterocycles. The summed E-state index contributed by atoms with van der Waals surface area (Å²) in [5, 5.41) is 10.8. The summed E-state index contributed by atoms with van der Waals surface area (Å²) in [7, 11) is 2.51. The Morgan fingerprint density at radius 1 is 1.20 bits per heavy atom. The van der Waals surface area contributed by atoms with E-state index in [0.717, 1.165) is 0 Å². The third kappa shape index (κ3) is 2.02. The third-order valence-corrected chi connectivity index (χ3v) is 4.95. The molecule has 6 heteroatoms. The molecule has 0 aliphatic heterocycles. The minimum Gasteiger partial charge on any atom is -0.469 e. The van der Waals surface area contributed by atoms with Crippen LogP contribution in [0.3, 0.4) is 0 Å². The van der Waals surface area contributed by atoms with Gasteiger partial charge in [-0.05, 0) is 12.3 Å². The molecule has 2 aliphatic rings. The summed E-state index contributed by atoms with van der Waals surface area (Å²) in [6.07, 6.45) is 0.702. The first-order valence-corrected chi connectivity index (χ1v) is 6.76. The Labute approximate surface area is 117 Å². The molecule has 0 bridgehead atoms. The molecule has 0 radical (unpaired) electrons. The quantitative estimate of drug-likeness (QED) is 0.734. The van der Waals surface area contributed by atoms with Gasteiger partial charge in [-0.25, -0.2) is 0 Å². The molecular formula is C14H20O6. The van der Waals surface area contributed by atoms with E-state index in [1.807, 2.05) is 0 Å². The second-order valence-electron chi connectivity index (χ2n) is 5.74. The number of ether oxygens (including phenoxy) is 2. The van der Waals surface area contributed by atoms with Gasteiger partial charge in [-0.3, -0.25) is 14.4 Å². The number of esters is 2. The molecule has 0 aromatic rings. The van der Waals surface area contributed by atoms with Gasteiger partial charge in [0.1, 0.15) is 5.78 Å². The molecule has 0 spiro atoms. The van der Waals surface area contributed by atoms with Crippen molar-refractivity contribution in [1.82, 2.24) is 0 Å². The number of Topliss-reactive ketones (excluding diaryl/α,β-unsaturated/α-hetero) is 1. The van der Waals surface area contributed by atoms with Crippen molar-refractivity contribution >= 4 is 17.7 Å². The first-order valence-electron chi connectivity index (χ1n) is 6.76. The van der Waals surface area contributed by atoms with E-state index in [2.05, 4.69) is 0 Å². The number of ketones is 1. The van der Waals surface area contributed by atoms with Gasteiger partial charge >= 0.3 is 11.9 Å². The van der Waals surface area contributed by atoms with Crippen molar-refractivity contribution < 1.29 is 29.0 Å². The largest absolute Gasteiger partial charge is 0.469 e. The fraction of sp³-hybridized carbons (Fsp3) is 0.786. The topological polar surface area (TPSA) is 89.9 Å². The van der Waals surface area contributed by atoms with Crippen LogP contribution in [0.15, 0.2) is 0 Å². The molecule has 5 unspecified atom stereocenters. The van der Waals surface area contributed by atoms with Crippen LogP contribution in [-0.4, -0.2) is 42.6 Å². The maximum absolute atomic E-state index is 12.0. The van der Waals surface area contributed by atoms with Crippen LogP contribution in [-0.2, 0) is 23.9 Å². The zero-order valence-corrected chi connectivity index (χ0v) is 11.9. The summed E-state index contributed by atoms with van der Waals surface area (Å²) in [5.41, 5.74) is -1.33. The molecule has 2 saturated carbocycles. The number of carbonyl (C=O) groups excluding carboxylic acids is 3. The highest BCUT2D eigenvalue weighted by molar-refractivity contribution is 5.86. The van der Waals surface area contributed by atoms with Crippen LogP contribution in [0.4, 0.5) is 0 Å². The zero-order valence-electron chi connectivity index (χ0n) is 11.9. The van der Waals surface area contributed by atoms with E-state index in [1.54, 1.807) is 6.92 Å². The Morgan fingerprint density at radius 3 is 2.30 bits per heavy atom. The first kappa shape index (κ1) is 15.0. The molecule has 0 amide bonds. The van der Waals surface area contributed by atoms with Crippen molar-refractivity contribution in [2.24, 2.45) is 23.7 Å². The van der Waals surface area contributed by atoms with E-state index >= 15 is 0 Å². The fourth-order valence-corrected chi connectivity index (χ4v) is 3.90. The van der Waals surface area contributed by atoms with E-state index in [1.165, 1.54) is 14.2 Å². The lowest BCUT2D eigenvalue weighted by atomic mass is 9.72. The number of hydrogen-bond donors (Lipinski definition) is 1. The second kappa shape index (κ2) is 5.16. The van der Waals surface area contributed by atoms with Gasteiger partial charge in [0.05, 0.1) is 31.7 Å². The summed E-state index contributed by atoms with van der Waals surface area (Å²) >= 11 is 0. The van der Waals surface area contributed by atoms with E-state index in [9.17, 15) is 19.5 Å². The van der Waals surface area contributed by atoms with Crippen molar-refractivity contribution in [3.63, 3.8) is 0 Å². The van der Waals surface area contributed by atoms with Gasteiger partial charge in [-0.15, -0.1) is 0 Å². The lowest BCUT2D eigenvalue weighted by molar-refractivity contribution is -0.158. The van der Waals surface area contributed by atoms with Crippen molar-refractivity contribution in [3.05, 3.63) is 0 Å². The Hall–Kier alpha value is -1.43. The van der Waals surface area contributed by atoms with Crippen molar-refractivity contribution in [1.29, 1.82) is 0 Å². The predicted molar refractivity (Wildman–Crippen MR) is 67.5 cm³/mol. The molecular weight excluding hydrogens is 264 g/mol. The van der Waals surface area contributed by atoms with Crippen LogP contribution in [0, 0.1) is 23.7 Å². The minimum absolute atomic E-state index is 0.0141. The molecule has 0 saturated heterocycles. The van der Waals surface area contributed by atoms with Gasteiger partial charge in [-0.1, -0.05) is 6.92 Å². The molecule has 0 aromatic carbocycles. The Bertz CT molecular complexity index is 445. The lowest BCUT2D eigenvalue weighted by Crippen LogP contribution is -2.46. The number of fused-ring (bicyclic) bond motifs is 1. The zero-order chi connectivity index (χ0) is 15.1. The second-order valence-corrected chi connectivity index (χ2v) is 5.74. The predicted octanol–water partition coefficient (Wildman–Crippen LogP) is 0.315. The number of methoxy groups -OCH3 is 2. The summed E-state index contributed by atoms with van der Waals surface area (Å²) in [6, 6.07) is 0. The van der Waals surface area contributed by atoms with Crippen LogP contribution >= 0.6 is 0 Å². The third-order valence-electron chi connectivity index (χ3n) is 4.95. The van der Waals surface area contributed by atoms with E-state index in [4.69, 9.17) is 9.47 Å². The molecule has 0 aromatic heterocycles. The van der Waals surface area contributed by atoms with Crippen LogP contribution in [0.2, 0.25) is 0 Å². The van der Waals surface area contributed by atoms with E-state index < -0.39 is 41.2 Å². The van der Waals surface area contributed by atoms with Crippen molar-refractivity contribution in [2.75, 3.05) is 14.2 Å². The smallest absolute Gasteiger partial charge is 0.309 e. The first-order chi connectivity index (χ1) is 9.36. The van der Waals surface area contributed by atoms with Crippen LogP contribution in [0.5, 0.6) is 0 Å². The van der Waals surface area contributed by atoms with Crippen LogP contribution < -0.4 is 0 Å². The van der Waals surface area contributed by atoms with Crippen LogP contribution in [0.25, 0.3) is 0 Å². The van der Waals surface area contributed by atoms with Gasteiger partial charge in [0.15, 0.2) is 0 Å². The fourth-order valence-electron chi connectivity index (χ4n) is 3.90. The Balaban J connectivity index is 2.44. The van der Waals surface area contributed by atoms with Gasteiger partial charge < -0.3 is 14.6 Å². The average Bonchev–Trinajstić information content (AvgIpc) is 2.65. The maximum atomic E-state index is 12.0. The normalized spacial score (nSPS) is 40.1. The highest BCUT2D eigenvalue weighted by atomic mass is 16.5. The molecule has 2 fully saturated rings. The highest BCUT2D eigenvalue weighted by Crippen LogP contribution is 2.55. The van der Waals surface area contributed by atoms with Crippen molar-refractivity contribution in [3.8, 4) is 0 Å². The molecule has 112 valence electrons. The molecule has 1 N–H and O–H groups in total. The summed E-state index contributed by atoms with van der Waals surface area (Å²) in [4.78, 5) is 35.7. The van der Waals surface area contributed by atoms with E-state index in [0.29, 0.717) is 12.8 Å². The van der Waals surface area contributed by atoms with Gasteiger partial charge in [0.25, 0.3) is 0 Å². The maximum Gasteiger partial charge on any atom is 0.309 e. The van der Waals surface area contributed by atoms with Crippen LogP contribution in [0.1, 0.15) is 26.2 Å². The average molecular weight is 284 g/mol. The number of rotatable bonds is 2. The lowest BCUT2D eigenvalue weighted by Gasteiger charge is -2.37. The summed E-state index contributed by atoms with van der Waals surface area (Å²) in [5.74, 6) is -3.58. The summed E-state index contributed by atoms with van der Waals surface area (Å²) in [6.45, 7) is 1.69. The standard InChI is InChI=1S/C14H20O6/c1-7-10(12(16)19-2)11(13(17)20-3)9-5-4-8(15)6-14(7,9)18/h7,9-11,18H,4-6H2,1-3H3. The van der Waals surface area contributed by atoms with Gasteiger partial charge in [-0.2, -0.15) is 0 Å². The minimum atomic E-state index is -1.33. The number of hydrogen-bond acceptors (Lipinski definition) is 6. The summed E-state index contributed by atoms with van der Waals surface area (Å²) < 4.78 is 9.55. The molecule has 2 aliphatic carbocycles. The monoisotopic (exact) mass is 284 g/mol. The number of aliphatic hydroxyl groups is 1. The molecule has 2 rings (SSSR count). The molecule has 5 atom stereocenters. The molecule has 6 nitrogen and oxygen atoms in total. The van der Waals surface area contributed by atoms with Gasteiger partial charge in [0.2, 0.25) is 0 Å². The SMILES string of the molecule is COC(=O)C1C(C(=O)OC)C2CCC(=O)CC2(O)C1C. The van der Waals surface area contributed by atoms with Crippen molar-refractivity contribution in [2.45, 2.75) is 31.8 Å². The van der Waals surface area contributed by atoms with Gasteiger partial charge in [0, 0.05) is 18.8 Å². The van der Waals surface area contributed by atoms with E-state index in [-0.39, 0.29) is 12.2 Å².